The average Bonchev–Trinajstić information content (AvgIpc) is 2.56. The van der Waals surface area contributed by atoms with Crippen LogP contribution >= 0.6 is 35.0 Å². The minimum absolute atomic E-state index is 0.0974. The highest BCUT2D eigenvalue weighted by molar-refractivity contribution is 7.99. The minimum atomic E-state index is -3.22. The van der Waals surface area contributed by atoms with Crippen LogP contribution in [-0.4, -0.2) is 26.3 Å². The molecule has 0 heterocycles. The van der Waals surface area contributed by atoms with Crippen molar-refractivity contribution in [3.05, 3.63) is 63.6 Å². The SMILES string of the molecule is C[C@@H](NC(=O)CSCc1ccc(Cl)cc1Cl)c1ccc(S(C)(=O)=O)cc1. The molecule has 0 aliphatic carbocycles. The standard InChI is InChI=1S/C18H19Cl2NO3S2/c1-12(13-4-7-16(8-5-13)26(2,23)24)21-18(22)11-25-10-14-3-6-15(19)9-17(14)20/h3-9,12H,10-11H2,1-2H3,(H,21,22)/t12-/m1/s1. The summed E-state index contributed by atoms with van der Waals surface area (Å²) in [5.41, 5.74) is 1.77. The molecule has 1 N–H and O–H groups in total. The molecule has 0 saturated heterocycles. The predicted molar refractivity (Wildman–Crippen MR) is 109 cm³/mol. The van der Waals surface area contributed by atoms with E-state index in [1.165, 1.54) is 11.8 Å². The number of hydrogen-bond acceptors (Lipinski definition) is 4. The summed E-state index contributed by atoms with van der Waals surface area (Å²) in [6.45, 7) is 1.86. The molecule has 1 atom stereocenters. The van der Waals surface area contributed by atoms with Gasteiger partial charge >= 0.3 is 0 Å². The molecule has 0 fully saturated rings. The van der Waals surface area contributed by atoms with Crippen LogP contribution < -0.4 is 5.32 Å². The van der Waals surface area contributed by atoms with Crippen LogP contribution in [0.15, 0.2) is 47.4 Å². The van der Waals surface area contributed by atoms with Crippen LogP contribution in [0.3, 0.4) is 0 Å². The minimum Gasteiger partial charge on any atom is -0.349 e. The number of thioether (sulfide) groups is 1. The van der Waals surface area contributed by atoms with Gasteiger partial charge in [-0.05, 0) is 42.3 Å². The van der Waals surface area contributed by atoms with Gasteiger partial charge < -0.3 is 5.32 Å². The number of sulfone groups is 1. The zero-order valence-electron chi connectivity index (χ0n) is 14.3. The number of amides is 1. The Kier molecular flexibility index (Phi) is 7.41. The van der Waals surface area contributed by atoms with Crippen LogP contribution in [-0.2, 0) is 20.4 Å². The largest absolute Gasteiger partial charge is 0.349 e. The Morgan fingerprint density at radius 1 is 1.15 bits per heavy atom. The summed E-state index contributed by atoms with van der Waals surface area (Å²) in [4.78, 5) is 12.4. The highest BCUT2D eigenvalue weighted by Gasteiger charge is 2.12. The second kappa shape index (κ2) is 9.13. The van der Waals surface area contributed by atoms with Crippen molar-refractivity contribution in [3.63, 3.8) is 0 Å². The first-order valence-corrected chi connectivity index (χ1v) is 11.6. The zero-order valence-corrected chi connectivity index (χ0v) is 17.5. The maximum absolute atomic E-state index is 12.1. The number of halogens is 2. The van der Waals surface area contributed by atoms with Gasteiger partial charge in [0.1, 0.15) is 0 Å². The van der Waals surface area contributed by atoms with Gasteiger partial charge in [0, 0.05) is 22.1 Å². The first kappa shape index (κ1) is 21.1. The van der Waals surface area contributed by atoms with Crippen molar-refractivity contribution in [1.29, 1.82) is 0 Å². The van der Waals surface area contributed by atoms with Crippen LogP contribution in [0, 0.1) is 0 Å². The first-order valence-electron chi connectivity index (χ1n) is 7.78. The second-order valence-corrected chi connectivity index (χ2v) is 9.70. The molecule has 0 aliphatic rings. The third-order valence-electron chi connectivity index (χ3n) is 3.69. The Labute approximate surface area is 168 Å². The molecule has 140 valence electrons. The molecule has 0 bridgehead atoms. The quantitative estimate of drug-likeness (QED) is 0.700. The second-order valence-electron chi connectivity index (χ2n) is 5.86. The van der Waals surface area contributed by atoms with Gasteiger partial charge in [0.25, 0.3) is 0 Å². The maximum atomic E-state index is 12.1. The highest BCUT2D eigenvalue weighted by atomic mass is 35.5. The number of benzene rings is 2. The highest BCUT2D eigenvalue weighted by Crippen LogP contribution is 2.24. The molecule has 4 nitrogen and oxygen atoms in total. The van der Waals surface area contributed by atoms with E-state index in [2.05, 4.69) is 5.32 Å². The summed E-state index contributed by atoms with van der Waals surface area (Å²) in [6, 6.07) is 11.6. The summed E-state index contributed by atoms with van der Waals surface area (Å²) in [7, 11) is -3.22. The summed E-state index contributed by atoms with van der Waals surface area (Å²) in [5, 5.41) is 4.07. The van der Waals surface area contributed by atoms with Gasteiger partial charge in [-0.2, -0.15) is 0 Å². The van der Waals surface area contributed by atoms with Crippen molar-refractivity contribution in [2.75, 3.05) is 12.0 Å². The van der Waals surface area contributed by atoms with Gasteiger partial charge in [-0.25, -0.2) is 8.42 Å². The fraction of sp³-hybridized carbons (Fsp3) is 0.278. The molecule has 26 heavy (non-hydrogen) atoms. The molecule has 2 rings (SSSR count). The molecule has 0 aromatic heterocycles. The van der Waals surface area contributed by atoms with Crippen LogP contribution in [0.5, 0.6) is 0 Å². The zero-order chi connectivity index (χ0) is 19.3. The summed E-state index contributed by atoms with van der Waals surface area (Å²) < 4.78 is 23.0. The Hall–Kier alpha value is -1.21. The fourth-order valence-electron chi connectivity index (χ4n) is 2.26. The molecule has 0 aliphatic heterocycles. The molecule has 1 amide bonds. The molecule has 8 heteroatoms. The summed E-state index contributed by atoms with van der Waals surface area (Å²) >= 11 is 13.4. The molecule has 2 aromatic rings. The van der Waals surface area contributed by atoms with E-state index >= 15 is 0 Å². The number of hydrogen-bond donors (Lipinski definition) is 1. The monoisotopic (exact) mass is 431 g/mol. The summed E-state index contributed by atoms with van der Waals surface area (Å²) in [5.74, 6) is 0.811. The van der Waals surface area contributed by atoms with Gasteiger partial charge in [0.05, 0.1) is 16.7 Å². The molecule has 2 aromatic carbocycles. The third kappa shape index (κ3) is 6.20. The van der Waals surface area contributed by atoms with E-state index in [0.717, 1.165) is 17.4 Å². The predicted octanol–water partition coefficient (Wildman–Crippen LogP) is 4.51. The van der Waals surface area contributed by atoms with Crippen molar-refractivity contribution in [1.82, 2.24) is 5.32 Å². The van der Waals surface area contributed by atoms with Gasteiger partial charge in [0.2, 0.25) is 5.91 Å². The van der Waals surface area contributed by atoms with Crippen LogP contribution in [0.2, 0.25) is 10.0 Å². The van der Waals surface area contributed by atoms with E-state index in [4.69, 9.17) is 23.2 Å². The van der Waals surface area contributed by atoms with Crippen molar-refractivity contribution >= 4 is 50.7 Å². The van der Waals surface area contributed by atoms with E-state index in [0.29, 0.717) is 21.6 Å². The van der Waals surface area contributed by atoms with Crippen LogP contribution in [0.4, 0.5) is 0 Å². The lowest BCUT2D eigenvalue weighted by molar-refractivity contribution is -0.119. The number of carbonyl (C=O) groups excluding carboxylic acids is 1. The maximum Gasteiger partial charge on any atom is 0.230 e. The van der Waals surface area contributed by atoms with Crippen molar-refractivity contribution in [2.24, 2.45) is 0 Å². The van der Waals surface area contributed by atoms with Gasteiger partial charge in [-0.3, -0.25) is 4.79 Å². The molecule has 0 spiro atoms. The third-order valence-corrected chi connectivity index (χ3v) is 6.39. The molecule has 0 saturated carbocycles. The topological polar surface area (TPSA) is 63.2 Å². The van der Waals surface area contributed by atoms with E-state index in [1.807, 2.05) is 13.0 Å². The Balaban J connectivity index is 1.85. The molecular formula is C18H19Cl2NO3S2. The summed E-state index contributed by atoms with van der Waals surface area (Å²) in [6.07, 6.45) is 1.16. The van der Waals surface area contributed by atoms with E-state index in [1.54, 1.807) is 36.4 Å². The van der Waals surface area contributed by atoms with Gasteiger partial charge in [-0.1, -0.05) is 41.4 Å². The first-order chi connectivity index (χ1) is 12.2. The smallest absolute Gasteiger partial charge is 0.230 e. The Bertz CT molecular complexity index is 884. The molecular weight excluding hydrogens is 413 g/mol. The average molecular weight is 432 g/mol. The lowest BCUT2D eigenvalue weighted by Crippen LogP contribution is -2.28. The lowest BCUT2D eigenvalue weighted by atomic mass is 10.1. The normalized spacial score (nSPS) is 12.6. The van der Waals surface area contributed by atoms with Crippen LogP contribution in [0.25, 0.3) is 0 Å². The molecule has 0 radical (unpaired) electrons. The Morgan fingerprint density at radius 3 is 2.38 bits per heavy atom. The van der Waals surface area contributed by atoms with E-state index in [-0.39, 0.29) is 16.8 Å². The van der Waals surface area contributed by atoms with Gasteiger partial charge in [-0.15, -0.1) is 11.8 Å². The fourth-order valence-corrected chi connectivity index (χ4v) is 4.29. The van der Waals surface area contributed by atoms with E-state index in [9.17, 15) is 13.2 Å². The van der Waals surface area contributed by atoms with Crippen LogP contribution in [0.1, 0.15) is 24.1 Å². The molecule has 0 unspecified atom stereocenters. The number of carbonyl (C=O) groups is 1. The Morgan fingerprint density at radius 2 is 1.81 bits per heavy atom. The van der Waals surface area contributed by atoms with E-state index < -0.39 is 9.84 Å². The number of nitrogens with one attached hydrogen (secondary N) is 1. The number of rotatable bonds is 7. The van der Waals surface area contributed by atoms with Crippen molar-refractivity contribution in [3.8, 4) is 0 Å². The van der Waals surface area contributed by atoms with Crippen molar-refractivity contribution < 1.29 is 13.2 Å². The van der Waals surface area contributed by atoms with Crippen molar-refractivity contribution in [2.45, 2.75) is 23.6 Å². The van der Waals surface area contributed by atoms with Gasteiger partial charge in [0.15, 0.2) is 9.84 Å². The lowest BCUT2D eigenvalue weighted by Gasteiger charge is -2.15.